The minimum absolute atomic E-state index is 0.320. The summed E-state index contributed by atoms with van der Waals surface area (Å²) < 4.78 is 0. The van der Waals surface area contributed by atoms with Gasteiger partial charge in [0.05, 0.1) is 18.0 Å². The highest BCUT2D eigenvalue weighted by Crippen LogP contribution is 2.39. The van der Waals surface area contributed by atoms with E-state index in [-0.39, 0.29) is 6.10 Å². The number of anilines is 1. The van der Waals surface area contributed by atoms with E-state index in [1.807, 2.05) is 20.2 Å². The Kier molecular flexibility index (Phi) is 5.12. The lowest BCUT2D eigenvalue weighted by Crippen LogP contribution is -2.43. The third-order valence-electron chi connectivity index (χ3n) is 5.22. The Morgan fingerprint density at radius 1 is 1.22 bits per heavy atom. The van der Waals surface area contributed by atoms with Gasteiger partial charge < -0.3 is 14.9 Å². The normalized spacial score (nSPS) is 20.6. The van der Waals surface area contributed by atoms with Crippen LogP contribution >= 0.6 is 11.3 Å². The van der Waals surface area contributed by atoms with Crippen LogP contribution in [0.2, 0.25) is 0 Å². The molecule has 0 radical (unpaired) electrons. The van der Waals surface area contributed by atoms with Gasteiger partial charge in [0.1, 0.15) is 16.5 Å². The van der Waals surface area contributed by atoms with Gasteiger partial charge in [-0.1, -0.05) is 37.3 Å². The lowest BCUT2D eigenvalue weighted by Gasteiger charge is -2.35. The molecule has 2 aromatic heterocycles. The van der Waals surface area contributed by atoms with E-state index >= 15 is 0 Å². The molecule has 0 spiro atoms. The predicted molar refractivity (Wildman–Crippen MR) is 112 cm³/mol. The summed E-state index contributed by atoms with van der Waals surface area (Å²) in [5.74, 6) is 2.12. The van der Waals surface area contributed by atoms with Gasteiger partial charge in [-0.25, -0.2) is 9.97 Å². The average molecular weight is 383 g/mol. The Labute approximate surface area is 164 Å². The zero-order valence-electron chi connectivity index (χ0n) is 16.1. The molecule has 0 amide bonds. The number of rotatable bonds is 4. The lowest BCUT2D eigenvalue weighted by atomic mass is 9.95. The molecule has 1 aliphatic heterocycles. The molecule has 2 unspecified atom stereocenters. The van der Waals surface area contributed by atoms with Crippen molar-refractivity contribution in [3.63, 3.8) is 0 Å². The SMILES string of the molecule is CC1CCN(c2nc(CN(C)C)nc3scc(-c4ccccc4)c23)CC1O. The Bertz CT molecular complexity index is 925. The van der Waals surface area contributed by atoms with Crippen molar-refractivity contribution in [2.75, 3.05) is 32.1 Å². The lowest BCUT2D eigenvalue weighted by molar-refractivity contribution is 0.102. The Hall–Kier alpha value is -2.02. The van der Waals surface area contributed by atoms with Crippen molar-refractivity contribution in [1.29, 1.82) is 0 Å². The summed E-state index contributed by atoms with van der Waals surface area (Å²) in [6.07, 6.45) is 0.653. The second-order valence-corrected chi connectivity index (χ2v) is 8.53. The van der Waals surface area contributed by atoms with Crippen LogP contribution in [0.4, 0.5) is 5.82 Å². The van der Waals surface area contributed by atoms with Crippen LogP contribution < -0.4 is 4.90 Å². The maximum Gasteiger partial charge on any atom is 0.146 e. The van der Waals surface area contributed by atoms with E-state index < -0.39 is 0 Å². The van der Waals surface area contributed by atoms with Crippen molar-refractivity contribution < 1.29 is 5.11 Å². The monoisotopic (exact) mass is 382 g/mol. The van der Waals surface area contributed by atoms with Gasteiger partial charge in [-0.05, 0) is 32.0 Å². The summed E-state index contributed by atoms with van der Waals surface area (Å²) in [7, 11) is 4.06. The van der Waals surface area contributed by atoms with Gasteiger partial charge in [0, 0.05) is 24.0 Å². The van der Waals surface area contributed by atoms with Crippen LogP contribution in [-0.2, 0) is 6.54 Å². The maximum absolute atomic E-state index is 10.4. The average Bonchev–Trinajstić information content (AvgIpc) is 3.07. The fraction of sp³-hybridized carbons (Fsp3) is 0.429. The summed E-state index contributed by atoms with van der Waals surface area (Å²) in [6, 6.07) is 10.4. The van der Waals surface area contributed by atoms with Gasteiger partial charge in [-0.2, -0.15) is 0 Å². The van der Waals surface area contributed by atoms with Crippen LogP contribution in [0.3, 0.4) is 0 Å². The van der Waals surface area contributed by atoms with E-state index in [1.165, 1.54) is 11.1 Å². The third-order valence-corrected chi connectivity index (χ3v) is 6.09. The number of aliphatic hydroxyl groups is 1. The molecular weight excluding hydrogens is 356 g/mol. The van der Waals surface area contributed by atoms with E-state index in [0.717, 1.165) is 34.8 Å². The van der Waals surface area contributed by atoms with Crippen molar-refractivity contribution in [3.8, 4) is 11.1 Å². The van der Waals surface area contributed by atoms with Gasteiger partial charge in [-0.3, -0.25) is 0 Å². The summed E-state index contributed by atoms with van der Waals surface area (Å²) >= 11 is 1.67. The maximum atomic E-state index is 10.4. The van der Waals surface area contributed by atoms with E-state index in [2.05, 4.69) is 46.4 Å². The highest BCUT2D eigenvalue weighted by Gasteiger charge is 2.28. The molecule has 1 saturated heterocycles. The van der Waals surface area contributed by atoms with Gasteiger partial charge >= 0.3 is 0 Å². The quantitative estimate of drug-likeness (QED) is 0.747. The third kappa shape index (κ3) is 3.70. The molecule has 5 nitrogen and oxygen atoms in total. The van der Waals surface area contributed by atoms with Crippen LogP contribution in [0, 0.1) is 5.92 Å². The number of benzene rings is 1. The molecule has 1 fully saturated rings. The fourth-order valence-corrected chi connectivity index (χ4v) is 4.58. The molecular formula is C21H26N4OS. The first-order chi connectivity index (χ1) is 13.0. The number of hydrogen-bond acceptors (Lipinski definition) is 6. The van der Waals surface area contributed by atoms with Crippen molar-refractivity contribution >= 4 is 27.4 Å². The molecule has 0 saturated carbocycles. The summed E-state index contributed by atoms with van der Waals surface area (Å²) in [4.78, 5) is 15.1. The number of nitrogens with zero attached hydrogens (tertiary/aromatic N) is 4. The number of aliphatic hydroxyl groups excluding tert-OH is 1. The van der Waals surface area contributed by atoms with Crippen LogP contribution in [0.1, 0.15) is 19.2 Å². The number of thiophene rings is 1. The molecule has 1 N–H and O–H groups in total. The smallest absolute Gasteiger partial charge is 0.146 e. The van der Waals surface area contributed by atoms with Gasteiger partial charge in [-0.15, -0.1) is 11.3 Å². The van der Waals surface area contributed by atoms with Gasteiger partial charge in [0.15, 0.2) is 0 Å². The summed E-state index contributed by atoms with van der Waals surface area (Å²) in [5, 5.41) is 13.7. The number of piperidine rings is 1. The first-order valence-corrected chi connectivity index (χ1v) is 10.3. The zero-order valence-corrected chi connectivity index (χ0v) is 16.9. The Balaban J connectivity index is 1.86. The standard InChI is InChI=1S/C21H26N4OS/c1-14-9-10-25(11-17(14)26)20-19-16(15-7-5-4-6-8-15)13-27-21(19)23-18(22-20)12-24(2)3/h4-8,13-14,17,26H,9-12H2,1-3H3. The highest BCUT2D eigenvalue weighted by molar-refractivity contribution is 7.17. The molecule has 1 aliphatic rings. The summed E-state index contributed by atoms with van der Waals surface area (Å²) in [5.41, 5.74) is 2.36. The highest BCUT2D eigenvalue weighted by atomic mass is 32.1. The van der Waals surface area contributed by atoms with Crippen LogP contribution in [0.15, 0.2) is 35.7 Å². The molecule has 27 heavy (non-hydrogen) atoms. The van der Waals surface area contributed by atoms with Crippen molar-refractivity contribution in [2.24, 2.45) is 5.92 Å². The number of aromatic nitrogens is 2. The number of β-amino-alcohol motifs (C(OH)–C–C–N with tert-alkyl or cyclic N) is 1. The molecule has 6 heteroatoms. The fourth-order valence-electron chi connectivity index (χ4n) is 3.62. The van der Waals surface area contributed by atoms with E-state index in [9.17, 15) is 5.11 Å². The van der Waals surface area contributed by atoms with E-state index in [0.29, 0.717) is 19.0 Å². The topological polar surface area (TPSA) is 52.5 Å². The van der Waals surface area contributed by atoms with E-state index in [4.69, 9.17) is 9.97 Å². The van der Waals surface area contributed by atoms with E-state index in [1.54, 1.807) is 11.3 Å². The van der Waals surface area contributed by atoms with Crippen LogP contribution in [0.25, 0.3) is 21.3 Å². The number of fused-ring (bicyclic) bond motifs is 1. The Morgan fingerprint density at radius 2 is 2.00 bits per heavy atom. The first kappa shape index (κ1) is 18.3. The van der Waals surface area contributed by atoms with Crippen molar-refractivity contribution in [3.05, 3.63) is 41.5 Å². The zero-order chi connectivity index (χ0) is 19.0. The molecule has 3 aromatic rings. The largest absolute Gasteiger partial charge is 0.391 e. The molecule has 4 rings (SSSR count). The Morgan fingerprint density at radius 3 is 2.70 bits per heavy atom. The van der Waals surface area contributed by atoms with Crippen molar-refractivity contribution in [2.45, 2.75) is 26.0 Å². The summed E-state index contributed by atoms with van der Waals surface area (Å²) in [6.45, 7) is 4.36. The van der Waals surface area contributed by atoms with Crippen molar-refractivity contribution in [1.82, 2.24) is 14.9 Å². The van der Waals surface area contributed by atoms with Gasteiger partial charge in [0.2, 0.25) is 0 Å². The van der Waals surface area contributed by atoms with Gasteiger partial charge in [0.25, 0.3) is 0 Å². The molecule has 3 heterocycles. The molecule has 1 aromatic carbocycles. The number of hydrogen-bond donors (Lipinski definition) is 1. The molecule has 142 valence electrons. The molecule has 0 bridgehead atoms. The predicted octanol–water partition coefficient (Wildman–Crippen LogP) is 3.63. The molecule has 2 atom stereocenters. The second-order valence-electron chi connectivity index (χ2n) is 7.68. The second kappa shape index (κ2) is 7.54. The van der Waals surface area contributed by atoms with Crippen LogP contribution in [0.5, 0.6) is 0 Å². The first-order valence-electron chi connectivity index (χ1n) is 9.44. The van der Waals surface area contributed by atoms with Crippen LogP contribution in [-0.4, -0.2) is 53.3 Å². The minimum atomic E-state index is -0.320. The molecule has 0 aliphatic carbocycles. The minimum Gasteiger partial charge on any atom is -0.391 e.